The summed E-state index contributed by atoms with van der Waals surface area (Å²) in [6.07, 6.45) is 0. The van der Waals surface area contributed by atoms with E-state index < -0.39 is 0 Å². The molecule has 0 aliphatic carbocycles. The van der Waals surface area contributed by atoms with Crippen molar-refractivity contribution in [2.24, 2.45) is 0 Å². The number of H-pyrrole nitrogens is 2. The molecule has 0 saturated heterocycles. The van der Waals surface area contributed by atoms with E-state index in [9.17, 15) is 0 Å². The highest BCUT2D eigenvalue weighted by Crippen LogP contribution is 2.31. The van der Waals surface area contributed by atoms with Crippen LogP contribution in [0.25, 0.3) is 44.8 Å². The second-order valence-corrected chi connectivity index (χ2v) is 11.6. The molecule has 6 N–H and O–H groups in total. The van der Waals surface area contributed by atoms with E-state index in [-0.39, 0.29) is 12.1 Å². The first-order valence-corrected chi connectivity index (χ1v) is 14.7. The minimum atomic E-state index is 0.192. The first-order chi connectivity index (χ1) is 21.1. The van der Waals surface area contributed by atoms with Gasteiger partial charge in [-0.15, -0.1) is 0 Å². The molecule has 44 heavy (non-hydrogen) atoms. The van der Waals surface area contributed by atoms with Gasteiger partial charge in [0.1, 0.15) is 34.8 Å². The van der Waals surface area contributed by atoms with Crippen molar-refractivity contribution in [1.29, 1.82) is 10.8 Å². The van der Waals surface area contributed by atoms with E-state index in [1.807, 2.05) is 107 Å². The molecular formula is C35H36N8O. The fourth-order valence-electron chi connectivity index (χ4n) is 5.07. The van der Waals surface area contributed by atoms with E-state index in [0.717, 1.165) is 73.0 Å². The molecule has 0 aliphatic rings. The number of imidazole rings is 2. The van der Waals surface area contributed by atoms with Crippen LogP contribution in [0.5, 0.6) is 11.5 Å². The molecule has 0 unspecified atom stereocenters. The standard InChI is InChI=1S/C35H36N8O/c1-19(2)38-32(36)23-8-13-27-29(17-23)42-34(40-27)22-6-11-26(12-7-22)44-31-15-10-25(16-21(31)5)35-41-28-14-9-24(18-30(28)43-35)33(37)39-20(3)4/h6-20H,1-5H3,(H2,36,38)(H2,37,39)(H,40,42)(H,41,43). The van der Waals surface area contributed by atoms with E-state index >= 15 is 0 Å². The average Bonchev–Trinajstić information content (AvgIpc) is 3.61. The number of rotatable bonds is 8. The molecule has 0 aliphatic heterocycles. The number of ether oxygens (including phenoxy) is 1. The van der Waals surface area contributed by atoms with Gasteiger partial charge in [0.25, 0.3) is 0 Å². The van der Waals surface area contributed by atoms with Gasteiger partial charge in [-0.05, 0) is 119 Å². The molecule has 0 amide bonds. The lowest BCUT2D eigenvalue weighted by atomic mass is 10.1. The van der Waals surface area contributed by atoms with Crippen LogP contribution in [0.3, 0.4) is 0 Å². The van der Waals surface area contributed by atoms with E-state index in [0.29, 0.717) is 11.7 Å². The second-order valence-electron chi connectivity index (χ2n) is 11.6. The van der Waals surface area contributed by atoms with Gasteiger partial charge >= 0.3 is 0 Å². The van der Waals surface area contributed by atoms with Gasteiger partial charge in [0.2, 0.25) is 0 Å². The van der Waals surface area contributed by atoms with Crippen molar-refractivity contribution in [2.45, 2.75) is 46.7 Å². The maximum Gasteiger partial charge on any atom is 0.138 e. The van der Waals surface area contributed by atoms with Crippen LogP contribution >= 0.6 is 0 Å². The SMILES string of the molecule is Cc1cc(-c2nc3ccc(C(=N)NC(C)C)cc3[nH]2)ccc1Oc1ccc(-c2nc3ccc(C(=N)NC(C)C)cc3[nH]2)cc1. The van der Waals surface area contributed by atoms with Gasteiger partial charge in [-0.3, -0.25) is 10.8 Å². The van der Waals surface area contributed by atoms with Gasteiger partial charge in [0, 0.05) is 34.3 Å². The van der Waals surface area contributed by atoms with E-state index in [1.165, 1.54) is 0 Å². The fraction of sp³-hybridized carbons (Fsp3) is 0.200. The molecule has 0 radical (unpaired) electrons. The van der Waals surface area contributed by atoms with Crippen molar-refractivity contribution >= 4 is 33.7 Å². The zero-order valence-electron chi connectivity index (χ0n) is 25.5. The van der Waals surface area contributed by atoms with Gasteiger partial charge < -0.3 is 25.3 Å². The fourth-order valence-corrected chi connectivity index (χ4v) is 5.07. The molecule has 6 aromatic rings. The molecule has 9 nitrogen and oxygen atoms in total. The van der Waals surface area contributed by atoms with Crippen LogP contribution < -0.4 is 15.4 Å². The van der Waals surface area contributed by atoms with Gasteiger partial charge in [-0.2, -0.15) is 0 Å². The third-order valence-corrected chi connectivity index (χ3v) is 7.21. The monoisotopic (exact) mass is 584 g/mol. The number of fused-ring (bicyclic) bond motifs is 2. The Labute approximate surface area is 256 Å². The Morgan fingerprint density at radius 2 is 1.16 bits per heavy atom. The Balaban J connectivity index is 1.16. The van der Waals surface area contributed by atoms with Crippen LogP contribution in [0.1, 0.15) is 44.4 Å². The van der Waals surface area contributed by atoms with Crippen molar-refractivity contribution in [3.8, 4) is 34.3 Å². The molecule has 0 fully saturated rings. The van der Waals surface area contributed by atoms with Crippen LogP contribution in [0.15, 0.2) is 78.9 Å². The first kappa shape index (κ1) is 28.7. The summed E-state index contributed by atoms with van der Waals surface area (Å²) in [7, 11) is 0. The average molecular weight is 585 g/mol. The number of hydrogen-bond donors (Lipinski definition) is 6. The molecule has 2 heterocycles. The smallest absolute Gasteiger partial charge is 0.138 e. The summed E-state index contributed by atoms with van der Waals surface area (Å²) in [5, 5.41) is 22.9. The molecule has 0 bridgehead atoms. The maximum absolute atomic E-state index is 8.29. The van der Waals surface area contributed by atoms with E-state index in [1.54, 1.807) is 0 Å². The molecule has 2 aromatic heterocycles. The molecule has 0 saturated carbocycles. The lowest BCUT2D eigenvalue weighted by molar-refractivity contribution is 0.479. The summed E-state index contributed by atoms with van der Waals surface area (Å²) in [6, 6.07) is 25.9. The predicted octanol–water partition coefficient (Wildman–Crippen LogP) is 7.52. The zero-order chi connectivity index (χ0) is 31.0. The van der Waals surface area contributed by atoms with Crippen molar-refractivity contribution in [1.82, 2.24) is 30.6 Å². The number of nitrogens with one attached hydrogen (secondary N) is 6. The summed E-state index contributed by atoms with van der Waals surface area (Å²) < 4.78 is 6.23. The number of nitrogens with zero attached hydrogens (tertiary/aromatic N) is 2. The first-order valence-electron chi connectivity index (χ1n) is 14.7. The van der Waals surface area contributed by atoms with Crippen LogP contribution in [0, 0.1) is 17.7 Å². The summed E-state index contributed by atoms with van der Waals surface area (Å²) >= 11 is 0. The highest BCUT2D eigenvalue weighted by Gasteiger charge is 2.12. The number of aromatic amines is 2. The lowest BCUT2D eigenvalue weighted by Gasteiger charge is -2.10. The largest absolute Gasteiger partial charge is 0.457 e. The topological polar surface area (TPSA) is 138 Å². The van der Waals surface area contributed by atoms with Crippen LogP contribution in [0.4, 0.5) is 0 Å². The summed E-state index contributed by atoms with van der Waals surface area (Å²) in [6.45, 7) is 10.1. The number of aryl methyl sites for hydroxylation is 1. The third kappa shape index (κ3) is 6.03. The quantitative estimate of drug-likeness (QED) is 0.0811. The van der Waals surface area contributed by atoms with Crippen molar-refractivity contribution < 1.29 is 4.74 Å². The Morgan fingerprint density at radius 3 is 1.66 bits per heavy atom. The van der Waals surface area contributed by atoms with Gasteiger partial charge in [-0.1, -0.05) is 0 Å². The highest BCUT2D eigenvalue weighted by atomic mass is 16.5. The number of benzene rings is 4. The molecule has 9 heteroatoms. The van der Waals surface area contributed by atoms with Crippen molar-refractivity contribution in [2.75, 3.05) is 0 Å². The minimum Gasteiger partial charge on any atom is -0.457 e. The summed E-state index contributed by atoms with van der Waals surface area (Å²) in [5.41, 5.74) is 8.00. The molecule has 4 aromatic carbocycles. The highest BCUT2D eigenvalue weighted by molar-refractivity contribution is 6.00. The van der Waals surface area contributed by atoms with Crippen molar-refractivity contribution in [3.63, 3.8) is 0 Å². The molecule has 0 spiro atoms. The van der Waals surface area contributed by atoms with Crippen LogP contribution in [-0.4, -0.2) is 43.7 Å². The molecular weight excluding hydrogens is 548 g/mol. The van der Waals surface area contributed by atoms with Gasteiger partial charge in [0.15, 0.2) is 0 Å². The second kappa shape index (κ2) is 11.7. The summed E-state index contributed by atoms with van der Waals surface area (Å²) in [5.74, 6) is 3.81. The van der Waals surface area contributed by atoms with Crippen molar-refractivity contribution in [3.05, 3.63) is 95.6 Å². The zero-order valence-corrected chi connectivity index (χ0v) is 25.5. The maximum atomic E-state index is 8.29. The normalized spacial score (nSPS) is 11.4. The number of aromatic nitrogens is 4. The lowest BCUT2D eigenvalue weighted by Crippen LogP contribution is -2.30. The Bertz CT molecular complexity index is 2000. The molecule has 222 valence electrons. The molecule has 6 rings (SSSR count). The molecule has 0 atom stereocenters. The Morgan fingerprint density at radius 1 is 0.659 bits per heavy atom. The van der Waals surface area contributed by atoms with Crippen LogP contribution in [0.2, 0.25) is 0 Å². The summed E-state index contributed by atoms with van der Waals surface area (Å²) in [4.78, 5) is 16.3. The third-order valence-electron chi connectivity index (χ3n) is 7.21. The van der Waals surface area contributed by atoms with Gasteiger partial charge in [-0.25, -0.2) is 9.97 Å². The predicted molar refractivity (Wildman–Crippen MR) is 178 cm³/mol. The Kier molecular flexibility index (Phi) is 7.61. The minimum absolute atomic E-state index is 0.192. The van der Waals surface area contributed by atoms with Gasteiger partial charge in [0.05, 0.1) is 22.1 Å². The Hall–Kier alpha value is -5.44. The van der Waals surface area contributed by atoms with E-state index in [4.69, 9.17) is 25.5 Å². The number of hydrogen-bond acceptors (Lipinski definition) is 5. The number of amidine groups is 2. The van der Waals surface area contributed by atoms with E-state index in [2.05, 4.69) is 26.7 Å². The van der Waals surface area contributed by atoms with Crippen LogP contribution in [-0.2, 0) is 0 Å².